The zero-order valence-electron chi connectivity index (χ0n) is 12.3. The molecule has 1 aromatic heterocycles. The highest BCUT2D eigenvalue weighted by Crippen LogP contribution is 2.35. The lowest BCUT2D eigenvalue weighted by Crippen LogP contribution is -2.08. The van der Waals surface area contributed by atoms with Crippen LogP contribution in [0.2, 0.25) is 10.0 Å². The topological polar surface area (TPSA) is 42.1 Å². The maximum Gasteiger partial charge on any atom is 0.132 e. The molecule has 0 bridgehead atoms. The second-order valence-electron chi connectivity index (χ2n) is 5.32. The van der Waals surface area contributed by atoms with Gasteiger partial charge in [0.1, 0.15) is 5.82 Å². The van der Waals surface area contributed by atoms with Crippen LogP contribution in [-0.4, -0.2) is 19.1 Å². The van der Waals surface area contributed by atoms with Crippen molar-refractivity contribution in [1.82, 2.24) is 4.98 Å². The Labute approximate surface area is 139 Å². The molecule has 3 nitrogen and oxygen atoms in total. The number of halogens is 2. The lowest BCUT2D eigenvalue weighted by atomic mass is 10.0. The smallest absolute Gasteiger partial charge is 0.132 e. The number of anilines is 2. The van der Waals surface area contributed by atoms with Gasteiger partial charge in [-0.05, 0) is 36.4 Å². The number of fused-ring (bicyclic) bond motifs is 1. The first kappa shape index (κ1) is 14.9. The minimum Gasteiger partial charge on any atom is -0.383 e. The summed E-state index contributed by atoms with van der Waals surface area (Å²) in [6, 6.07) is 13.4. The third kappa shape index (κ3) is 2.70. The molecule has 2 N–H and O–H groups in total. The third-order valence-corrected chi connectivity index (χ3v) is 4.13. The Balaban J connectivity index is 2.21. The Morgan fingerprint density at radius 2 is 1.73 bits per heavy atom. The third-order valence-electron chi connectivity index (χ3n) is 3.57. The van der Waals surface area contributed by atoms with Crippen molar-refractivity contribution < 1.29 is 0 Å². The fraction of sp³-hybridized carbons (Fsp3) is 0.118. The average Bonchev–Trinajstić information content (AvgIpc) is 2.48. The molecule has 0 aliphatic carbocycles. The maximum absolute atomic E-state index is 6.27. The van der Waals surface area contributed by atoms with Crippen LogP contribution < -0.4 is 10.6 Å². The van der Waals surface area contributed by atoms with Crippen LogP contribution in [0.1, 0.15) is 0 Å². The van der Waals surface area contributed by atoms with Crippen LogP contribution in [0.15, 0.2) is 42.5 Å². The largest absolute Gasteiger partial charge is 0.383 e. The summed E-state index contributed by atoms with van der Waals surface area (Å²) in [4.78, 5) is 6.54. The first-order valence-corrected chi connectivity index (χ1v) is 7.54. The number of rotatable bonds is 2. The van der Waals surface area contributed by atoms with Crippen molar-refractivity contribution in [3.8, 4) is 11.1 Å². The summed E-state index contributed by atoms with van der Waals surface area (Å²) in [5.41, 5.74) is 9.65. The molecule has 0 fully saturated rings. The molecule has 3 aromatic rings. The van der Waals surface area contributed by atoms with E-state index in [1.165, 1.54) is 0 Å². The number of aromatic nitrogens is 1. The molecule has 0 amide bonds. The van der Waals surface area contributed by atoms with E-state index in [1.54, 1.807) is 18.2 Å². The van der Waals surface area contributed by atoms with Gasteiger partial charge in [-0.15, -0.1) is 0 Å². The molecule has 0 saturated heterocycles. The lowest BCUT2D eigenvalue weighted by Gasteiger charge is -2.14. The van der Waals surface area contributed by atoms with E-state index in [1.807, 2.05) is 43.3 Å². The van der Waals surface area contributed by atoms with Crippen LogP contribution in [0, 0.1) is 0 Å². The van der Waals surface area contributed by atoms with Crippen LogP contribution in [0.25, 0.3) is 22.0 Å². The van der Waals surface area contributed by atoms with Gasteiger partial charge in [0.05, 0.1) is 5.52 Å². The second kappa shape index (κ2) is 5.67. The van der Waals surface area contributed by atoms with E-state index in [0.29, 0.717) is 15.9 Å². The highest BCUT2D eigenvalue weighted by Gasteiger charge is 2.11. The fourth-order valence-electron chi connectivity index (χ4n) is 2.37. The van der Waals surface area contributed by atoms with E-state index >= 15 is 0 Å². The van der Waals surface area contributed by atoms with Crippen molar-refractivity contribution in [1.29, 1.82) is 0 Å². The SMILES string of the molecule is CN(C)c1ccc2cc(-c3cc(Cl)ccc3Cl)c(N)nc2c1. The van der Waals surface area contributed by atoms with E-state index in [-0.39, 0.29) is 0 Å². The van der Waals surface area contributed by atoms with E-state index in [2.05, 4.69) is 4.98 Å². The first-order chi connectivity index (χ1) is 10.5. The van der Waals surface area contributed by atoms with Gasteiger partial charge < -0.3 is 10.6 Å². The van der Waals surface area contributed by atoms with Crippen molar-refractivity contribution in [3.63, 3.8) is 0 Å². The highest BCUT2D eigenvalue weighted by atomic mass is 35.5. The molecule has 0 saturated carbocycles. The molecule has 0 atom stereocenters. The summed E-state index contributed by atoms with van der Waals surface area (Å²) in [6.07, 6.45) is 0. The van der Waals surface area contributed by atoms with Gasteiger partial charge in [-0.3, -0.25) is 0 Å². The van der Waals surface area contributed by atoms with Crippen molar-refractivity contribution in [2.24, 2.45) is 0 Å². The van der Waals surface area contributed by atoms with Gasteiger partial charge in [0.25, 0.3) is 0 Å². The molecule has 3 rings (SSSR count). The Morgan fingerprint density at radius 1 is 0.955 bits per heavy atom. The molecule has 1 heterocycles. The standard InChI is InChI=1S/C17H15Cl2N3/c1-22(2)12-5-3-10-7-14(17(20)21-16(10)9-12)13-8-11(18)4-6-15(13)19/h3-9H,1-2H3,(H2,20,21). The van der Waals surface area contributed by atoms with Gasteiger partial charge in [-0.2, -0.15) is 0 Å². The molecule has 0 radical (unpaired) electrons. The van der Waals surface area contributed by atoms with Gasteiger partial charge in [0.2, 0.25) is 0 Å². The average molecular weight is 332 g/mol. The number of hydrogen-bond donors (Lipinski definition) is 1. The van der Waals surface area contributed by atoms with E-state index < -0.39 is 0 Å². The van der Waals surface area contributed by atoms with Crippen LogP contribution in [0.3, 0.4) is 0 Å². The predicted octanol–water partition coefficient (Wildman–Crippen LogP) is 4.86. The van der Waals surface area contributed by atoms with Gasteiger partial charge >= 0.3 is 0 Å². The minimum absolute atomic E-state index is 0.438. The summed E-state index contributed by atoms with van der Waals surface area (Å²) < 4.78 is 0. The van der Waals surface area contributed by atoms with Gasteiger partial charge in [0.15, 0.2) is 0 Å². The Morgan fingerprint density at radius 3 is 2.45 bits per heavy atom. The summed E-state index contributed by atoms with van der Waals surface area (Å²) in [6.45, 7) is 0. The monoisotopic (exact) mass is 331 g/mol. The number of benzene rings is 2. The van der Waals surface area contributed by atoms with E-state index in [0.717, 1.165) is 27.7 Å². The van der Waals surface area contributed by atoms with Crippen LogP contribution in [0.5, 0.6) is 0 Å². The molecular weight excluding hydrogens is 317 g/mol. The zero-order valence-corrected chi connectivity index (χ0v) is 13.8. The predicted molar refractivity (Wildman–Crippen MR) is 95.9 cm³/mol. The molecular formula is C17H15Cl2N3. The van der Waals surface area contributed by atoms with Gasteiger partial charge in [-0.1, -0.05) is 29.3 Å². The Bertz CT molecular complexity index is 860. The molecule has 2 aromatic carbocycles. The molecule has 5 heteroatoms. The van der Waals surface area contributed by atoms with Crippen molar-refractivity contribution >= 4 is 45.6 Å². The zero-order chi connectivity index (χ0) is 15.9. The van der Waals surface area contributed by atoms with Crippen LogP contribution in [-0.2, 0) is 0 Å². The van der Waals surface area contributed by atoms with Crippen LogP contribution >= 0.6 is 23.2 Å². The Hall–Kier alpha value is -1.97. The number of nitrogens with zero attached hydrogens (tertiary/aromatic N) is 2. The molecule has 22 heavy (non-hydrogen) atoms. The number of nitrogens with two attached hydrogens (primary N) is 1. The Kier molecular flexibility index (Phi) is 3.85. The van der Waals surface area contributed by atoms with Gasteiger partial charge in [-0.25, -0.2) is 4.98 Å². The summed E-state index contributed by atoms with van der Waals surface area (Å²) >= 11 is 12.3. The fourth-order valence-corrected chi connectivity index (χ4v) is 2.76. The quantitative estimate of drug-likeness (QED) is 0.729. The molecule has 112 valence electrons. The summed E-state index contributed by atoms with van der Waals surface area (Å²) in [7, 11) is 3.98. The molecule has 0 aliphatic rings. The van der Waals surface area contributed by atoms with Crippen molar-refractivity contribution in [3.05, 3.63) is 52.5 Å². The van der Waals surface area contributed by atoms with Crippen molar-refractivity contribution in [2.45, 2.75) is 0 Å². The van der Waals surface area contributed by atoms with E-state index in [4.69, 9.17) is 28.9 Å². The number of nitrogen functional groups attached to an aromatic ring is 1. The lowest BCUT2D eigenvalue weighted by molar-refractivity contribution is 1.13. The van der Waals surface area contributed by atoms with Crippen LogP contribution in [0.4, 0.5) is 11.5 Å². The molecule has 0 unspecified atom stereocenters. The first-order valence-electron chi connectivity index (χ1n) is 6.79. The normalized spacial score (nSPS) is 10.9. The summed E-state index contributed by atoms with van der Waals surface area (Å²) in [5, 5.41) is 2.22. The number of hydrogen-bond acceptors (Lipinski definition) is 3. The highest BCUT2D eigenvalue weighted by molar-refractivity contribution is 6.35. The second-order valence-corrected chi connectivity index (χ2v) is 6.16. The van der Waals surface area contributed by atoms with E-state index in [9.17, 15) is 0 Å². The summed E-state index contributed by atoms with van der Waals surface area (Å²) in [5.74, 6) is 0.438. The molecule has 0 aliphatic heterocycles. The minimum atomic E-state index is 0.438. The molecule has 0 spiro atoms. The van der Waals surface area contributed by atoms with Crippen molar-refractivity contribution in [2.75, 3.05) is 24.7 Å². The number of pyridine rings is 1. The van der Waals surface area contributed by atoms with Gasteiger partial charge in [0, 0.05) is 46.3 Å². The maximum atomic E-state index is 6.27.